The molecule has 4 rings (SSSR count). The second kappa shape index (κ2) is 6.68. The van der Waals surface area contributed by atoms with E-state index >= 15 is 0 Å². The number of hydrogen-bond acceptors (Lipinski definition) is 5. The van der Waals surface area contributed by atoms with Crippen molar-refractivity contribution in [2.45, 2.75) is 25.4 Å². The van der Waals surface area contributed by atoms with Crippen molar-refractivity contribution in [2.75, 3.05) is 11.1 Å². The zero-order chi connectivity index (χ0) is 18.1. The third-order valence-electron chi connectivity index (χ3n) is 5.01. The second-order valence-electron chi connectivity index (χ2n) is 6.83. The highest BCUT2D eigenvalue weighted by atomic mass is 32.2. The number of imidazole rings is 1. The topological polar surface area (TPSA) is 68.2 Å². The Morgan fingerprint density at radius 2 is 2.08 bits per heavy atom. The van der Waals surface area contributed by atoms with Crippen molar-refractivity contribution in [2.24, 2.45) is 17.8 Å². The fourth-order valence-corrected chi connectivity index (χ4v) is 4.37. The van der Waals surface area contributed by atoms with Crippen molar-refractivity contribution < 1.29 is 0 Å². The van der Waals surface area contributed by atoms with Crippen LogP contribution in [-0.4, -0.2) is 20.5 Å². The fourth-order valence-electron chi connectivity index (χ4n) is 3.39. The molecule has 1 atom stereocenters. The molecule has 0 aliphatic carbocycles. The minimum Gasteiger partial charge on any atom is -0.379 e. The highest BCUT2D eigenvalue weighted by molar-refractivity contribution is 8.13. The van der Waals surface area contributed by atoms with Crippen LogP contribution in [-0.2, 0) is 19.1 Å². The normalized spacial score (nSPS) is 20.2. The van der Waals surface area contributed by atoms with Gasteiger partial charge in [-0.05, 0) is 43.2 Å². The molecule has 0 saturated heterocycles. The Morgan fingerprint density at radius 1 is 1.23 bits per heavy atom. The maximum Gasteiger partial charge on any atom is 0.154 e. The van der Waals surface area contributed by atoms with Gasteiger partial charge in [0.2, 0.25) is 0 Å². The number of aromatic nitrogens is 2. The Kier molecular flexibility index (Phi) is 4.36. The molecule has 2 aromatic carbocycles. The molecule has 0 spiro atoms. The molecule has 0 radical (unpaired) electrons. The number of anilines is 1. The zero-order valence-corrected chi connectivity index (χ0v) is 15.9. The summed E-state index contributed by atoms with van der Waals surface area (Å²) in [6.45, 7) is 2.83. The number of para-hydroxylation sites is 2. The average molecular weight is 366 g/mol. The summed E-state index contributed by atoms with van der Waals surface area (Å²) >= 11 is 1.63. The highest BCUT2D eigenvalue weighted by Crippen LogP contribution is 2.35. The van der Waals surface area contributed by atoms with Gasteiger partial charge >= 0.3 is 0 Å². The Bertz CT molecular complexity index is 977. The van der Waals surface area contributed by atoms with Crippen LogP contribution in [0.25, 0.3) is 11.0 Å². The van der Waals surface area contributed by atoms with Gasteiger partial charge in [-0.25, -0.2) is 4.98 Å². The van der Waals surface area contributed by atoms with Gasteiger partial charge in [0.15, 0.2) is 5.17 Å². The van der Waals surface area contributed by atoms with Crippen LogP contribution >= 0.6 is 11.8 Å². The van der Waals surface area contributed by atoms with E-state index in [4.69, 9.17) is 15.7 Å². The summed E-state index contributed by atoms with van der Waals surface area (Å²) < 4.78 is 2.14. The number of amidine groups is 1. The van der Waals surface area contributed by atoms with Gasteiger partial charge in [-0.2, -0.15) is 0 Å². The summed E-state index contributed by atoms with van der Waals surface area (Å²) in [4.78, 5) is 9.42. The first kappa shape index (κ1) is 17.0. The molecule has 0 fully saturated rings. The molecule has 26 heavy (non-hydrogen) atoms. The number of nitrogens with zero attached hydrogens (tertiary/aromatic N) is 3. The van der Waals surface area contributed by atoms with Gasteiger partial charge in [0.05, 0.1) is 23.1 Å². The third kappa shape index (κ3) is 3.17. The van der Waals surface area contributed by atoms with Crippen molar-refractivity contribution in [1.82, 2.24) is 9.55 Å². The molecular weight excluding hydrogens is 342 g/mol. The van der Waals surface area contributed by atoms with Gasteiger partial charge in [0.1, 0.15) is 5.82 Å². The lowest BCUT2D eigenvalue weighted by molar-refractivity contribution is 0.482. The van der Waals surface area contributed by atoms with Gasteiger partial charge in [-0.1, -0.05) is 36.0 Å². The lowest BCUT2D eigenvalue weighted by Gasteiger charge is -2.30. The van der Waals surface area contributed by atoms with E-state index in [1.807, 2.05) is 18.2 Å². The number of nitrogens with one attached hydrogen (secondary N) is 1. The Balaban J connectivity index is 1.56. The van der Waals surface area contributed by atoms with Gasteiger partial charge < -0.3 is 15.6 Å². The molecule has 3 N–H and O–H groups in total. The lowest BCUT2D eigenvalue weighted by atomic mass is 9.89. The SMILES string of the molecule is Cn1c(CNc2cccc(C3(C)CCSC(N)=N3)c2)nc2ccccc21. The molecular formula is C20H23N5S. The van der Waals surface area contributed by atoms with Crippen molar-refractivity contribution in [3.05, 3.63) is 59.9 Å². The molecule has 1 unspecified atom stereocenters. The minimum atomic E-state index is -0.245. The molecule has 0 amide bonds. The van der Waals surface area contributed by atoms with E-state index in [0.717, 1.165) is 34.7 Å². The summed E-state index contributed by atoms with van der Waals surface area (Å²) in [5.74, 6) is 2.02. The molecule has 3 aromatic rings. The van der Waals surface area contributed by atoms with Gasteiger partial charge in [0.25, 0.3) is 0 Å². The fraction of sp³-hybridized carbons (Fsp3) is 0.300. The number of benzene rings is 2. The maximum absolute atomic E-state index is 5.96. The first-order valence-electron chi connectivity index (χ1n) is 8.78. The van der Waals surface area contributed by atoms with Crippen molar-refractivity contribution in [1.29, 1.82) is 0 Å². The first-order chi connectivity index (χ1) is 12.5. The second-order valence-corrected chi connectivity index (χ2v) is 7.95. The molecule has 5 nitrogen and oxygen atoms in total. The van der Waals surface area contributed by atoms with Crippen molar-refractivity contribution in [3.63, 3.8) is 0 Å². The number of thioether (sulfide) groups is 1. The van der Waals surface area contributed by atoms with Crippen LogP contribution in [0.3, 0.4) is 0 Å². The van der Waals surface area contributed by atoms with Crippen LogP contribution in [0.4, 0.5) is 5.69 Å². The molecule has 1 aliphatic heterocycles. The minimum absolute atomic E-state index is 0.245. The van der Waals surface area contributed by atoms with E-state index in [-0.39, 0.29) is 5.54 Å². The Hall–Kier alpha value is -2.47. The standard InChI is InChI=1S/C20H23N5S/c1-20(10-11-26-19(21)24-20)14-6-5-7-15(12-14)22-13-18-23-16-8-3-4-9-17(16)25(18)2/h3-9,12,22H,10-11,13H2,1-2H3,(H2,21,24). The summed E-state index contributed by atoms with van der Waals surface area (Å²) in [6.07, 6.45) is 0.993. The Labute approximate surface area is 157 Å². The van der Waals surface area contributed by atoms with E-state index in [0.29, 0.717) is 11.7 Å². The maximum atomic E-state index is 5.96. The highest BCUT2D eigenvalue weighted by Gasteiger charge is 2.29. The van der Waals surface area contributed by atoms with E-state index in [2.05, 4.69) is 54.2 Å². The van der Waals surface area contributed by atoms with Gasteiger partial charge in [-0.3, -0.25) is 4.99 Å². The van der Waals surface area contributed by atoms with Crippen molar-refractivity contribution in [3.8, 4) is 0 Å². The molecule has 0 saturated carbocycles. The summed E-state index contributed by atoms with van der Waals surface area (Å²) in [5, 5.41) is 4.18. The van der Waals surface area contributed by atoms with Crippen molar-refractivity contribution >= 4 is 33.7 Å². The number of nitrogens with two attached hydrogens (primary N) is 1. The third-order valence-corrected chi connectivity index (χ3v) is 5.81. The van der Waals surface area contributed by atoms with E-state index in [1.54, 1.807) is 11.8 Å². The smallest absolute Gasteiger partial charge is 0.154 e. The van der Waals surface area contributed by atoms with Crippen LogP contribution in [0.5, 0.6) is 0 Å². The summed E-state index contributed by atoms with van der Waals surface area (Å²) in [7, 11) is 2.06. The Morgan fingerprint density at radius 3 is 2.88 bits per heavy atom. The average Bonchev–Trinajstić information content (AvgIpc) is 2.96. The summed E-state index contributed by atoms with van der Waals surface area (Å²) in [6, 6.07) is 16.7. The van der Waals surface area contributed by atoms with Crippen LogP contribution in [0, 0.1) is 0 Å². The molecule has 1 aliphatic rings. The van der Waals surface area contributed by atoms with Crippen LogP contribution < -0.4 is 11.1 Å². The number of aryl methyl sites for hydroxylation is 1. The monoisotopic (exact) mass is 365 g/mol. The quantitative estimate of drug-likeness (QED) is 0.737. The predicted octanol–water partition coefficient (Wildman–Crippen LogP) is 3.85. The van der Waals surface area contributed by atoms with Gasteiger partial charge in [-0.15, -0.1) is 0 Å². The van der Waals surface area contributed by atoms with E-state index < -0.39 is 0 Å². The number of fused-ring (bicyclic) bond motifs is 1. The number of rotatable bonds is 4. The van der Waals surface area contributed by atoms with Crippen LogP contribution in [0.2, 0.25) is 0 Å². The lowest BCUT2D eigenvalue weighted by Crippen LogP contribution is -2.28. The molecule has 0 bridgehead atoms. The molecule has 6 heteroatoms. The predicted molar refractivity (Wildman–Crippen MR) is 111 cm³/mol. The van der Waals surface area contributed by atoms with Crippen LogP contribution in [0.15, 0.2) is 53.5 Å². The van der Waals surface area contributed by atoms with Crippen LogP contribution in [0.1, 0.15) is 24.7 Å². The van der Waals surface area contributed by atoms with E-state index in [9.17, 15) is 0 Å². The first-order valence-corrected chi connectivity index (χ1v) is 9.77. The van der Waals surface area contributed by atoms with Gasteiger partial charge in [0, 0.05) is 18.5 Å². The van der Waals surface area contributed by atoms with E-state index in [1.165, 1.54) is 5.56 Å². The molecule has 1 aromatic heterocycles. The number of aliphatic imine (C=N–C) groups is 1. The summed E-state index contributed by atoms with van der Waals surface area (Å²) in [5.41, 5.74) is 10.2. The largest absolute Gasteiger partial charge is 0.379 e. The number of hydrogen-bond donors (Lipinski definition) is 2. The molecule has 2 heterocycles. The zero-order valence-electron chi connectivity index (χ0n) is 15.1. The molecule has 134 valence electrons.